The lowest BCUT2D eigenvalue weighted by atomic mass is 10.1. The van der Waals surface area contributed by atoms with E-state index in [2.05, 4.69) is 0 Å². The van der Waals surface area contributed by atoms with Crippen LogP contribution in [-0.2, 0) is 4.74 Å². The Morgan fingerprint density at radius 2 is 2.20 bits per heavy atom. The van der Waals surface area contributed by atoms with Gasteiger partial charge in [-0.05, 0) is 6.42 Å². The van der Waals surface area contributed by atoms with Crippen molar-refractivity contribution in [2.45, 2.75) is 32.0 Å². The molecule has 0 heterocycles. The predicted molar refractivity (Wildman–Crippen MR) is 40.8 cm³/mol. The molecule has 62 valence electrons. The fourth-order valence-electron chi connectivity index (χ4n) is 0.829. The topological polar surface area (TPSA) is 55.5 Å². The second kappa shape index (κ2) is 5.65. The van der Waals surface area contributed by atoms with Crippen LogP contribution in [0.4, 0.5) is 0 Å². The Morgan fingerprint density at radius 1 is 1.60 bits per heavy atom. The third kappa shape index (κ3) is 3.82. The number of aliphatic hydroxyl groups is 1. The Balaban J connectivity index is 3.41. The first-order valence-electron chi connectivity index (χ1n) is 3.65. The average molecular weight is 147 g/mol. The Bertz CT molecular complexity index is 74.0. The van der Waals surface area contributed by atoms with Crippen molar-refractivity contribution in [1.29, 1.82) is 0 Å². The molecule has 0 aliphatic heterocycles. The summed E-state index contributed by atoms with van der Waals surface area (Å²) in [6.45, 7) is 2.34. The molecule has 10 heavy (non-hydrogen) atoms. The molecule has 0 aromatic rings. The summed E-state index contributed by atoms with van der Waals surface area (Å²) >= 11 is 0. The maximum Gasteiger partial charge on any atom is 0.0687 e. The van der Waals surface area contributed by atoms with Crippen LogP contribution in [0.5, 0.6) is 0 Å². The van der Waals surface area contributed by atoms with Gasteiger partial charge in [-0.3, -0.25) is 0 Å². The van der Waals surface area contributed by atoms with Gasteiger partial charge in [0.25, 0.3) is 0 Å². The minimum Gasteiger partial charge on any atom is -0.392 e. The Kier molecular flexibility index (Phi) is 5.58. The van der Waals surface area contributed by atoms with Gasteiger partial charge in [-0.25, -0.2) is 0 Å². The van der Waals surface area contributed by atoms with Crippen molar-refractivity contribution in [2.75, 3.05) is 13.7 Å². The predicted octanol–water partition coefficient (Wildman–Crippen LogP) is 0.121. The Hall–Kier alpha value is -0.120. The van der Waals surface area contributed by atoms with Crippen LogP contribution in [-0.4, -0.2) is 31.0 Å². The molecule has 0 radical (unpaired) electrons. The highest BCUT2D eigenvalue weighted by Gasteiger charge is 2.09. The van der Waals surface area contributed by atoms with Crippen LogP contribution < -0.4 is 5.73 Å². The molecule has 3 heteroatoms. The molecule has 0 aliphatic carbocycles. The maximum absolute atomic E-state index is 9.09. The van der Waals surface area contributed by atoms with Crippen LogP contribution in [0.2, 0.25) is 0 Å². The zero-order valence-electron chi connectivity index (χ0n) is 6.71. The average Bonchev–Trinajstić information content (AvgIpc) is 1.99. The Labute approximate surface area is 62.2 Å². The van der Waals surface area contributed by atoms with Crippen molar-refractivity contribution in [3.05, 3.63) is 0 Å². The second-order valence-corrected chi connectivity index (χ2v) is 2.39. The smallest absolute Gasteiger partial charge is 0.0687 e. The lowest BCUT2D eigenvalue weighted by molar-refractivity contribution is 0.0462. The van der Waals surface area contributed by atoms with Crippen molar-refractivity contribution in [1.82, 2.24) is 0 Å². The zero-order chi connectivity index (χ0) is 7.98. The first-order chi connectivity index (χ1) is 4.74. The fourth-order valence-corrected chi connectivity index (χ4v) is 0.829. The minimum atomic E-state index is -0.412. The summed E-state index contributed by atoms with van der Waals surface area (Å²) in [7, 11) is 1.65. The molecule has 0 fully saturated rings. The molecule has 3 N–H and O–H groups in total. The molecule has 0 saturated carbocycles. The molecular formula is C7H17NO2. The van der Waals surface area contributed by atoms with Crippen LogP contribution in [0, 0.1) is 0 Å². The molecule has 0 rings (SSSR count). The summed E-state index contributed by atoms with van der Waals surface area (Å²) < 4.78 is 5.06. The van der Waals surface area contributed by atoms with Gasteiger partial charge < -0.3 is 15.6 Å². The summed E-state index contributed by atoms with van der Waals surface area (Å²) in [6.07, 6.45) is 1.31. The van der Waals surface area contributed by atoms with E-state index in [-0.39, 0.29) is 6.10 Å². The van der Waals surface area contributed by atoms with E-state index in [4.69, 9.17) is 15.6 Å². The van der Waals surface area contributed by atoms with Crippen molar-refractivity contribution in [3.63, 3.8) is 0 Å². The highest BCUT2D eigenvalue weighted by molar-refractivity contribution is 4.63. The van der Waals surface area contributed by atoms with E-state index in [1.807, 2.05) is 6.92 Å². The molecule has 0 saturated heterocycles. The van der Waals surface area contributed by atoms with Crippen molar-refractivity contribution in [2.24, 2.45) is 5.73 Å². The number of nitrogens with two attached hydrogens (primary N) is 1. The number of aliphatic hydroxyl groups excluding tert-OH is 1. The number of hydrogen-bond acceptors (Lipinski definition) is 3. The number of hydrogen-bond donors (Lipinski definition) is 2. The molecule has 0 aromatic heterocycles. The number of methoxy groups -OCH3 is 1. The summed E-state index contributed by atoms with van der Waals surface area (Å²) in [5, 5.41) is 9.09. The van der Waals surface area contributed by atoms with Crippen LogP contribution in [0.15, 0.2) is 0 Å². The monoisotopic (exact) mass is 147 g/mol. The SMILES string of the molecule is CCC(CC(O)CN)OC. The van der Waals surface area contributed by atoms with E-state index >= 15 is 0 Å². The van der Waals surface area contributed by atoms with E-state index in [0.29, 0.717) is 13.0 Å². The third-order valence-electron chi connectivity index (χ3n) is 1.60. The molecule has 0 amide bonds. The van der Waals surface area contributed by atoms with Gasteiger partial charge in [0.15, 0.2) is 0 Å². The second-order valence-electron chi connectivity index (χ2n) is 2.39. The van der Waals surface area contributed by atoms with E-state index in [1.54, 1.807) is 7.11 Å². The van der Waals surface area contributed by atoms with Crippen LogP contribution in [0.1, 0.15) is 19.8 Å². The van der Waals surface area contributed by atoms with E-state index < -0.39 is 6.10 Å². The molecule has 2 atom stereocenters. The van der Waals surface area contributed by atoms with Gasteiger partial charge >= 0.3 is 0 Å². The van der Waals surface area contributed by atoms with E-state index in [0.717, 1.165) is 6.42 Å². The van der Waals surface area contributed by atoms with Gasteiger partial charge in [0, 0.05) is 20.1 Å². The van der Waals surface area contributed by atoms with Gasteiger partial charge in [-0.15, -0.1) is 0 Å². The standard InChI is InChI=1S/C7H17NO2/c1-3-7(10-2)4-6(9)5-8/h6-7,9H,3-5,8H2,1-2H3. The van der Waals surface area contributed by atoms with E-state index in [1.165, 1.54) is 0 Å². The van der Waals surface area contributed by atoms with Gasteiger partial charge in [-0.2, -0.15) is 0 Å². The first-order valence-corrected chi connectivity index (χ1v) is 3.65. The van der Waals surface area contributed by atoms with Gasteiger partial charge in [0.05, 0.1) is 12.2 Å². The molecule has 0 aromatic carbocycles. The highest BCUT2D eigenvalue weighted by Crippen LogP contribution is 2.04. The van der Waals surface area contributed by atoms with Crippen LogP contribution in [0.25, 0.3) is 0 Å². The largest absolute Gasteiger partial charge is 0.392 e. The van der Waals surface area contributed by atoms with Gasteiger partial charge in [0.2, 0.25) is 0 Å². The fraction of sp³-hybridized carbons (Fsp3) is 1.00. The van der Waals surface area contributed by atoms with Crippen LogP contribution >= 0.6 is 0 Å². The molecular weight excluding hydrogens is 130 g/mol. The third-order valence-corrected chi connectivity index (χ3v) is 1.60. The molecule has 3 nitrogen and oxygen atoms in total. The van der Waals surface area contributed by atoms with Crippen molar-refractivity contribution >= 4 is 0 Å². The number of ether oxygens (including phenoxy) is 1. The highest BCUT2D eigenvalue weighted by atomic mass is 16.5. The maximum atomic E-state index is 9.09. The molecule has 0 bridgehead atoms. The molecule has 0 spiro atoms. The lowest BCUT2D eigenvalue weighted by Crippen LogP contribution is -2.25. The normalized spacial score (nSPS) is 16.8. The van der Waals surface area contributed by atoms with Crippen molar-refractivity contribution < 1.29 is 9.84 Å². The van der Waals surface area contributed by atoms with Gasteiger partial charge in [0.1, 0.15) is 0 Å². The zero-order valence-corrected chi connectivity index (χ0v) is 6.71. The lowest BCUT2D eigenvalue weighted by Gasteiger charge is -2.15. The molecule has 0 aliphatic rings. The summed E-state index contributed by atoms with van der Waals surface area (Å²) in [5.74, 6) is 0. The summed E-state index contributed by atoms with van der Waals surface area (Å²) in [6, 6.07) is 0. The van der Waals surface area contributed by atoms with E-state index in [9.17, 15) is 0 Å². The Morgan fingerprint density at radius 3 is 2.50 bits per heavy atom. The van der Waals surface area contributed by atoms with Gasteiger partial charge in [-0.1, -0.05) is 6.92 Å². The summed E-state index contributed by atoms with van der Waals surface area (Å²) in [4.78, 5) is 0. The quantitative estimate of drug-likeness (QED) is 0.580. The minimum absolute atomic E-state index is 0.151. The first kappa shape index (κ1) is 9.88. The van der Waals surface area contributed by atoms with Crippen LogP contribution in [0.3, 0.4) is 0 Å². The summed E-state index contributed by atoms with van der Waals surface area (Å²) in [5.41, 5.74) is 5.22. The molecule has 2 unspecified atom stereocenters. The van der Waals surface area contributed by atoms with Crippen molar-refractivity contribution in [3.8, 4) is 0 Å². The number of rotatable bonds is 5.